The summed E-state index contributed by atoms with van der Waals surface area (Å²) in [5.74, 6) is 1.27. The molecule has 8 heteroatoms. The number of aliphatic hydroxyl groups excluding tert-OH is 1. The molecule has 0 saturated heterocycles. The molecule has 2 heterocycles. The number of pyridine rings is 1. The zero-order valence-electron chi connectivity index (χ0n) is 17.0. The molecule has 32 heavy (non-hydrogen) atoms. The molecule has 5 rings (SSSR count). The van der Waals surface area contributed by atoms with Crippen LogP contribution in [0.5, 0.6) is 5.75 Å². The first-order valence-corrected chi connectivity index (χ1v) is 9.86. The lowest BCUT2D eigenvalue weighted by molar-refractivity contribution is 0.274. The van der Waals surface area contributed by atoms with Crippen molar-refractivity contribution in [1.82, 2.24) is 25.6 Å². The number of tetrazole rings is 1. The topological polar surface area (TPSA) is 96.8 Å². The minimum Gasteiger partial charge on any atom is -0.488 e. The predicted molar refractivity (Wildman–Crippen MR) is 124 cm³/mol. The number of rotatable bonds is 6. The molecule has 0 aliphatic rings. The summed E-state index contributed by atoms with van der Waals surface area (Å²) in [5.41, 5.74) is 5.43. The highest BCUT2D eigenvalue weighted by molar-refractivity contribution is 5.86. The molecule has 2 aromatic heterocycles. The number of benzene rings is 3. The van der Waals surface area contributed by atoms with Crippen LogP contribution < -0.4 is 4.74 Å². The van der Waals surface area contributed by atoms with Crippen LogP contribution in [-0.4, -0.2) is 30.7 Å². The number of aliphatic hydroxyl groups is 1. The molecule has 0 bridgehead atoms. The van der Waals surface area contributed by atoms with Crippen molar-refractivity contribution >= 4 is 23.3 Å². The van der Waals surface area contributed by atoms with Crippen molar-refractivity contribution in [3.05, 3.63) is 90.1 Å². The number of fused-ring (bicyclic) bond motifs is 1. The van der Waals surface area contributed by atoms with Crippen molar-refractivity contribution in [2.45, 2.75) is 13.2 Å². The summed E-state index contributed by atoms with van der Waals surface area (Å²) < 4.78 is 6.09. The zero-order chi connectivity index (χ0) is 21.0. The highest BCUT2D eigenvalue weighted by atomic mass is 35.5. The number of nitrogens with zero attached hydrogens (tertiary/aromatic N) is 4. The van der Waals surface area contributed by atoms with E-state index in [1.54, 1.807) is 6.07 Å². The highest BCUT2D eigenvalue weighted by Crippen LogP contribution is 2.30. The maximum atomic E-state index is 9.50. The molecule has 0 aliphatic carbocycles. The molecular weight excluding hydrogens is 426 g/mol. The third-order valence-corrected chi connectivity index (χ3v) is 5.07. The Morgan fingerprint density at radius 2 is 1.62 bits per heavy atom. The minimum absolute atomic E-state index is 0. The lowest BCUT2D eigenvalue weighted by Gasteiger charge is -2.12. The first-order chi connectivity index (χ1) is 15.3. The molecule has 3 aromatic carbocycles. The van der Waals surface area contributed by atoms with Crippen molar-refractivity contribution in [2.75, 3.05) is 0 Å². The lowest BCUT2D eigenvalue weighted by Crippen LogP contribution is -1.99. The molecule has 0 unspecified atom stereocenters. The van der Waals surface area contributed by atoms with E-state index in [-0.39, 0.29) is 19.0 Å². The summed E-state index contributed by atoms with van der Waals surface area (Å²) in [6.07, 6.45) is 0. The number of aromatic nitrogens is 5. The van der Waals surface area contributed by atoms with Gasteiger partial charge in [0.15, 0.2) is 0 Å². The Labute approximate surface area is 190 Å². The number of ether oxygens (including phenoxy) is 1. The summed E-state index contributed by atoms with van der Waals surface area (Å²) in [6, 6.07) is 25.7. The summed E-state index contributed by atoms with van der Waals surface area (Å²) >= 11 is 0. The monoisotopic (exact) mass is 445 g/mol. The molecular formula is C24H20ClN5O2. The Morgan fingerprint density at radius 1 is 0.875 bits per heavy atom. The van der Waals surface area contributed by atoms with E-state index in [1.807, 2.05) is 60.7 Å². The van der Waals surface area contributed by atoms with Crippen LogP contribution in [0.4, 0.5) is 0 Å². The zero-order valence-corrected chi connectivity index (χ0v) is 17.8. The molecule has 0 amide bonds. The molecule has 0 fully saturated rings. The summed E-state index contributed by atoms with van der Waals surface area (Å²) in [6.45, 7) is 0.279. The standard InChI is InChI=1S/C24H19N5O2.ClH/c30-14-18-13-23(21-7-3-4-8-22(21)25-18)31-15-16-9-11-17(12-10-16)19-5-1-2-6-20(19)24-26-28-29-27-24;/h1-13,30H,14-15H2,(H,26,27,28,29);1H. The van der Waals surface area contributed by atoms with Gasteiger partial charge in [-0.3, -0.25) is 4.98 Å². The lowest BCUT2D eigenvalue weighted by atomic mass is 9.98. The van der Waals surface area contributed by atoms with Crippen LogP contribution in [0.2, 0.25) is 0 Å². The average Bonchev–Trinajstić information content (AvgIpc) is 3.37. The van der Waals surface area contributed by atoms with Gasteiger partial charge in [0.05, 0.1) is 17.8 Å². The maximum Gasteiger partial charge on any atom is 0.205 e. The third-order valence-electron chi connectivity index (χ3n) is 5.07. The van der Waals surface area contributed by atoms with Gasteiger partial charge in [0.25, 0.3) is 0 Å². The van der Waals surface area contributed by atoms with Gasteiger partial charge in [0.1, 0.15) is 12.4 Å². The molecule has 7 nitrogen and oxygen atoms in total. The third kappa shape index (κ3) is 4.30. The van der Waals surface area contributed by atoms with Crippen LogP contribution in [0, 0.1) is 0 Å². The van der Waals surface area contributed by atoms with E-state index in [1.165, 1.54) is 0 Å². The second-order valence-electron chi connectivity index (χ2n) is 7.05. The molecule has 0 saturated carbocycles. The first kappa shape index (κ1) is 21.4. The predicted octanol–water partition coefficient (Wildman–Crippen LogP) is 4.58. The van der Waals surface area contributed by atoms with Gasteiger partial charge in [-0.25, -0.2) is 0 Å². The van der Waals surface area contributed by atoms with Crippen molar-refractivity contribution in [3.8, 4) is 28.3 Å². The van der Waals surface area contributed by atoms with E-state index in [9.17, 15) is 5.11 Å². The van der Waals surface area contributed by atoms with Crippen LogP contribution in [-0.2, 0) is 13.2 Å². The number of hydrogen-bond donors (Lipinski definition) is 2. The van der Waals surface area contributed by atoms with Crippen LogP contribution in [0.1, 0.15) is 11.3 Å². The maximum absolute atomic E-state index is 9.50. The minimum atomic E-state index is -0.129. The van der Waals surface area contributed by atoms with E-state index in [0.29, 0.717) is 23.9 Å². The van der Waals surface area contributed by atoms with Crippen LogP contribution in [0.15, 0.2) is 78.9 Å². The Balaban J connectivity index is 0.00000245. The Bertz CT molecular complexity index is 1320. The second-order valence-corrected chi connectivity index (χ2v) is 7.05. The van der Waals surface area contributed by atoms with Gasteiger partial charge in [0, 0.05) is 17.0 Å². The van der Waals surface area contributed by atoms with Gasteiger partial charge in [-0.2, -0.15) is 5.21 Å². The fourth-order valence-corrected chi connectivity index (χ4v) is 3.54. The SMILES string of the molecule is Cl.OCc1cc(OCc2ccc(-c3ccccc3-c3nn[nH]n3)cc2)c2ccccc2n1. The number of para-hydroxylation sites is 1. The van der Waals surface area contributed by atoms with E-state index < -0.39 is 0 Å². The van der Waals surface area contributed by atoms with Crippen molar-refractivity contribution in [2.24, 2.45) is 0 Å². The molecule has 0 radical (unpaired) electrons. The number of nitrogens with one attached hydrogen (secondary N) is 1. The van der Waals surface area contributed by atoms with Gasteiger partial charge in [0.2, 0.25) is 5.82 Å². The van der Waals surface area contributed by atoms with Gasteiger partial charge in [-0.05, 0) is 34.0 Å². The van der Waals surface area contributed by atoms with Gasteiger partial charge >= 0.3 is 0 Å². The molecule has 160 valence electrons. The fraction of sp³-hybridized carbons (Fsp3) is 0.0833. The highest BCUT2D eigenvalue weighted by Gasteiger charge is 2.11. The van der Waals surface area contributed by atoms with Crippen LogP contribution >= 0.6 is 12.4 Å². The average molecular weight is 446 g/mol. The molecule has 5 aromatic rings. The summed E-state index contributed by atoms with van der Waals surface area (Å²) in [4.78, 5) is 4.44. The molecule has 0 spiro atoms. The number of H-pyrrole nitrogens is 1. The van der Waals surface area contributed by atoms with Crippen LogP contribution in [0.3, 0.4) is 0 Å². The number of aromatic amines is 1. The first-order valence-electron chi connectivity index (χ1n) is 9.86. The van der Waals surface area contributed by atoms with Crippen LogP contribution in [0.25, 0.3) is 33.4 Å². The Kier molecular flexibility index (Phi) is 6.39. The largest absolute Gasteiger partial charge is 0.488 e. The van der Waals surface area contributed by atoms with Gasteiger partial charge in [-0.15, -0.1) is 22.6 Å². The molecule has 0 atom stereocenters. The summed E-state index contributed by atoms with van der Waals surface area (Å²) in [5, 5.41) is 24.8. The molecule has 2 N–H and O–H groups in total. The number of halogens is 1. The summed E-state index contributed by atoms with van der Waals surface area (Å²) in [7, 11) is 0. The van der Waals surface area contributed by atoms with E-state index in [4.69, 9.17) is 4.74 Å². The van der Waals surface area contributed by atoms with Crippen molar-refractivity contribution < 1.29 is 9.84 Å². The van der Waals surface area contributed by atoms with E-state index in [0.717, 1.165) is 33.2 Å². The van der Waals surface area contributed by atoms with Crippen molar-refractivity contribution in [3.63, 3.8) is 0 Å². The van der Waals surface area contributed by atoms with E-state index >= 15 is 0 Å². The normalized spacial score (nSPS) is 10.7. The van der Waals surface area contributed by atoms with E-state index in [2.05, 4.69) is 37.7 Å². The smallest absolute Gasteiger partial charge is 0.205 e. The van der Waals surface area contributed by atoms with Gasteiger partial charge in [-0.1, -0.05) is 60.7 Å². The fourth-order valence-electron chi connectivity index (χ4n) is 3.54. The molecule has 0 aliphatic heterocycles. The number of hydrogen-bond acceptors (Lipinski definition) is 6. The van der Waals surface area contributed by atoms with Crippen molar-refractivity contribution in [1.29, 1.82) is 0 Å². The second kappa shape index (κ2) is 9.55. The Morgan fingerprint density at radius 3 is 2.38 bits per heavy atom. The Hall–Kier alpha value is -3.81. The quantitative estimate of drug-likeness (QED) is 0.397. The van der Waals surface area contributed by atoms with Gasteiger partial charge < -0.3 is 9.84 Å².